The number of Topliss-reactive ketones (excluding diaryl/α,β-unsaturated/α-hetero) is 1. The van der Waals surface area contributed by atoms with Crippen LogP contribution in [0.1, 0.15) is 30.0 Å². The molecule has 1 unspecified atom stereocenters. The molecule has 0 aliphatic rings. The lowest BCUT2D eigenvalue weighted by molar-refractivity contribution is -0.137. The molecule has 1 amide bonds. The van der Waals surface area contributed by atoms with Crippen LogP contribution in [0.5, 0.6) is 5.75 Å². The van der Waals surface area contributed by atoms with Gasteiger partial charge >= 0.3 is 0 Å². The Hall–Kier alpha value is -3.15. The molecule has 0 fully saturated rings. The fourth-order valence-electron chi connectivity index (χ4n) is 2.74. The number of likely N-dealkylation sites (N-methyl/N-ethyl adjacent to an activating group) is 1. The highest BCUT2D eigenvalue weighted by molar-refractivity contribution is 5.94. The lowest BCUT2D eigenvalue weighted by Crippen LogP contribution is -2.37. The lowest BCUT2D eigenvalue weighted by atomic mass is 10.1. The molecule has 1 N–H and O–H groups in total. The number of aromatic amines is 1. The van der Waals surface area contributed by atoms with Crippen LogP contribution in [0.25, 0.3) is 11.0 Å². The van der Waals surface area contributed by atoms with Gasteiger partial charge in [0.1, 0.15) is 11.6 Å². The first kappa shape index (κ1) is 17.7. The number of amides is 1. The number of aromatic nitrogens is 2. The molecular weight excluding hydrogens is 330 g/mol. The Bertz CT molecular complexity index is 915. The molecule has 0 bridgehead atoms. The largest absolute Gasteiger partial charge is 0.481 e. The summed E-state index contributed by atoms with van der Waals surface area (Å²) in [5.41, 5.74) is 2.36. The van der Waals surface area contributed by atoms with Crippen LogP contribution in [-0.4, -0.2) is 39.7 Å². The molecule has 3 rings (SSSR count). The van der Waals surface area contributed by atoms with Crippen LogP contribution < -0.4 is 4.74 Å². The number of rotatable bonds is 6. The molecule has 1 heterocycles. The fourth-order valence-corrected chi connectivity index (χ4v) is 2.74. The fraction of sp³-hybridized carbons (Fsp3) is 0.250. The number of para-hydroxylation sites is 2. The van der Waals surface area contributed by atoms with Crippen LogP contribution in [0, 0.1) is 0 Å². The second-order valence-electron chi connectivity index (χ2n) is 6.24. The number of nitrogens with zero attached hydrogens (tertiary/aromatic N) is 2. The van der Waals surface area contributed by atoms with E-state index in [4.69, 9.17) is 4.74 Å². The normalized spacial score (nSPS) is 12.0. The minimum atomic E-state index is -0.674. The number of imidazole rings is 1. The van der Waals surface area contributed by atoms with E-state index in [-0.39, 0.29) is 11.7 Å². The molecule has 1 atom stereocenters. The van der Waals surface area contributed by atoms with Crippen molar-refractivity contribution >= 4 is 22.7 Å². The molecule has 0 radical (unpaired) electrons. The second kappa shape index (κ2) is 7.39. The first-order chi connectivity index (χ1) is 12.4. The van der Waals surface area contributed by atoms with Crippen molar-refractivity contribution in [2.45, 2.75) is 26.5 Å². The highest BCUT2D eigenvalue weighted by Crippen LogP contribution is 2.17. The van der Waals surface area contributed by atoms with Crippen molar-refractivity contribution in [3.8, 4) is 5.75 Å². The van der Waals surface area contributed by atoms with Gasteiger partial charge in [-0.3, -0.25) is 9.59 Å². The molecule has 2 aromatic carbocycles. The van der Waals surface area contributed by atoms with Gasteiger partial charge in [0.05, 0.1) is 17.6 Å². The van der Waals surface area contributed by atoms with E-state index < -0.39 is 6.10 Å². The van der Waals surface area contributed by atoms with E-state index in [0.29, 0.717) is 23.7 Å². The van der Waals surface area contributed by atoms with Gasteiger partial charge in [-0.25, -0.2) is 4.98 Å². The van der Waals surface area contributed by atoms with Gasteiger partial charge in [0.2, 0.25) is 0 Å². The molecule has 0 aliphatic heterocycles. The zero-order valence-corrected chi connectivity index (χ0v) is 15.0. The maximum atomic E-state index is 12.6. The smallest absolute Gasteiger partial charge is 0.263 e. The Morgan fingerprint density at radius 1 is 1.19 bits per heavy atom. The number of ether oxygens (including phenoxy) is 1. The van der Waals surface area contributed by atoms with Gasteiger partial charge in [-0.2, -0.15) is 0 Å². The molecule has 6 heteroatoms. The summed E-state index contributed by atoms with van der Waals surface area (Å²) in [5, 5.41) is 0. The van der Waals surface area contributed by atoms with Crippen molar-refractivity contribution in [2.24, 2.45) is 0 Å². The summed E-state index contributed by atoms with van der Waals surface area (Å²) in [5.74, 6) is 0.999. The Kier molecular flexibility index (Phi) is 5.02. The molecule has 1 aromatic heterocycles. The molecule has 134 valence electrons. The minimum absolute atomic E-state index is 0.0450. The van der Waals surface area contributed by atoms with E-state index >= 15 is 0 Å². The average molecular weight is 351 g/mol. The summed E-state index contributed by atoms with van der Waals surface area (Å²) in [6.45, 7) is 3.54. The molecule has 3 aromatic rings. The van der Waals surface area contributed by atoms with E-state index in [1.54, 1.807) is 43.1 Å². The number of fused-ring (bicyclic) bond motifs is 1. The van der Waals surface area contributed by atoms with Crippen molar-refractivity contribution in [1.29, 1.82) is 0 Å². The quantitative estimate of drug-likeness (QED) is 0.692. The van der Waals surface area contributed by atoms with Gasteiger partial charge in [0.25, 0.3) is 5.91 Å². The number of ketones is 1. The Morgan fingerprint density at radius 3 is 2.69 bits per heavy atom. The molecule has 0 spiro atoms. The topological polar surface area (TPSA) is 75.3 Å². The first-order valence-corrected chi connectivity index (χ1v) is 8.40. The van der Waals surface area contributed by atoms with Crippen molar-refractivity contribution in [3.63, 3.8) is 0 Å². The van der Waals surface area contributed by atoms with Crippen LogP contribution in [0.15, 0.2) is 48.5 Å². The Morgan fingerprint density at radius 2 is 1.96 bits per heavy atom. The maximum absolute atomic E-state index is 12.6. The second-order valence-corrected chi connectivity index (χ2v) is 6.24. The van der Waals surface area contributed by atoms with Gasteiger partial charge < -0.3 is 14.6 Å². The van der Waals surface area contributed by atoms with E-state index in [9.17, 15) is 9.59 Å². The van der Waals surface area contributed by atoms with Crippen LogP contribution in [0.3, 0.4) is 0 Å². The number of hydrogen-bond acceptors (Lipinski definition) is 4. The van der Waals surface area contributed by atoms with Gasteiger partial charge in [0.15, 0.2) is 11.9 Å². The average Bonchev–Trinajstić information content (AvgIpc) is 3.03. The summed E-state index contributed by atoms with van der Waals surface area (Å²) < 4.78 is 5.71. The van der Waals surface area contributed by atoms with Crippen LogP contribution in [0.4, 0.5) is 0 Å². The molecule has 0 saturated carbocycles. The lowest BCUT2D eigenvalue weighted by Gasteiger charge is -2.21. The van der Waals surface area contributed by atoms with Crippen molar-refractivity contribution in [2.75, 3.05) is 7.05 Å². The number of carbonyl (C=O) groups excluding carboxylic acids is 2. The molecule has 26 heavy (non-hydrogen) atoms. The van der Waals surface area contributed by atoms with Crippen LogP contribution >= 0.6 is 0 Å². The van der Waals surface area contributed by atoms with E-state index in [1.165, 1.54) is 6.92 Å². The zero-order chi connectivity index (χ0) is 18.7. The zero-order valence-electron chi connectivity index (χ0n) is 15.0. The van der Waals surface area contributed by atoms with Gasteiger partial charge in [-0.05, 0) is 38.1 Å². The summed E-state index contributed by atoms with van der Waals surface area (Å²) >= 11 is 0. The monoisotopic (exact) mass is 351 g/mol. The number of benzene rings is 2. The number of H-pyrrole nitrogens is 1. The van der Waals surface area contributed by atoms with E-state index in [2.05, 4.69) is 9.97 Å². The highest BCUT2D eigenvalue weighted by Gasteiger charge is 2.20. The van der Waals surface area contributed by atoms with E-state index in [1.807, 2.05) is 24.3 Å². The van der Waals surface area contributed by atoms with Gasteiger partial charge in [-0.1, -0.05) is 24.3 Å². The summed E-state index contributed by atoms with van der Waals surface area (Å²) in [7, 11) is 1.71. The molecule has 0 saturated heterocycles. The third kappa shape index (κ3) is 3.91. The summed E-state index contributed by atoms with van der Waals surface area (Å²) in [6.07, 6.45) is -0.674. The first-order valence-electron chi connectivity index (χ1n) is 8.40. The number of hydrogen-bond donors (Lipinski definition) is 1. The molecular formula is C20H21N3O3. The third-order valence-electron chi connectivity index (χ3n) is 4.10. The maximum Gasteiger partial charge on any atom is 0.263 e. The van der Waals surface area contributed by atoms with E-state index in [0.717, 1.165) is 11.0 Å². The number of carbonyl (C=O) groups is 2. The van der Waals surface area contributed by atoms with Crippen molar-refractivity contribution in [3.05, 3.63) is 59.9 Å². The summed E-state index contributed by atoms with van der Waals surface area (Å²) in [6, 6.07) is 14.6. The highest BCUT2D eigenvalue weighted by atomic mass is 16.5. The number of nitrogens with one attached hydrogen (secondary N) is 1. The Labute approximate surface area is 151 Å². The third-order valence-corrected chi connectivity index (χ3v) is 4.10. The van der Waals surface area contributed by atoms with Crippen LogP contribution in [-0.2, 0) is 11.3 Å². The predicted octanol–water partition coefficient (Wildman–Crippen LogP) is 3.19. The van der Waals surface area contributed by atoms with Gasteiger partial charge in [-0.15, -0.1) is 0 Å². The van der Waals surface area contributed by atoms with Gasteiger partial charge in [0, 0.05) is 12.6 Å². The SMILES string of the molecule is CC(=O)c1cccc(OC(C)C(=O)N(C)Cc2nc3ccccc3[nH]2)c1. The molecule has 0 aliphatic carbocycles. The standard InChI is InChI=1S/C20H21N3O3/c1-13(24)15-7-6-8-16(11-15)26-14(2)20(25)23(3)12-19-21-17-9-4-5-10-18(17)22-19/h4-11,14H,12H2,1-3H3,(H,21,22). The van der Waals surface area contributed by atoms with Crippen LogP contribution in [0.2, 0.25) is 0 Å². The predicted molar refractivity (Wildman–Crippen MR) is 99.1 cm³/mol. The van der Waals surface area contributed by atoms with Crippen molar-refractivity contribution in [1.82, 2.24) is 14.9 Å². The van der Waals surface area contributed by atoms with Crippen molar-refractivity contribution < 1.29 is 14.3 Å². The molecule has 6 nitrogen and oxygen atoms in total. The summed E-state index contributed by atoms with van der Waals surface area (Å²) in [4.78, 5) is 33.3. The Balaban J connectivity index is 1.65. The minimum Gasteiger partial charge on any atom is -0.481 e.